The van der Waals surface area contributed by atoms with Crippen molar-refractivity contribution in [2.24, 2.45) is 5.10 Å². The van der Waals surface area contributed by atoms with Crippen molar-refractivity contribution in [2.75, 3.05) is 19.0 Å². The van der Waals surface area contributed by atoms with Crippen LogP contribution in [0.2, 0.25) is 0 Å². The number of hydrogen-bond donors (Lipinski definition) is 2. The van der Waals surface area contributed by atoms with Gasteiger partial charge in [-0.25, -0.2) is 19.0 Å². The fourth-order valence-electron chi connectivity index (χ4n) is 2.60. The summed E-state index contributed by atoms with van der Waals surface area (Å²) in [6.45, 7) is -0.0583. The van der Waals surface area contributed by atoms with Gasteiger partial charge in [-0.2, -0.15) is 5.10 Å². The molecule has 0 spiro atoms. The lowest BCUT2D eigenvalue weighted by Gasteiger charge is -2.10. The lowest BCUT2D eigenvalue weighted by Crippen LogP contribution is -2.25. The molecule has 7 nitrogen and oxygen atoms in total. The number of amides is 1. The molecule has 1 amide bonds. The Hall–Kier alpha value is -4.27. The van der Waals surface area contributed by atoms with E-state index >= 15 is 0 Å². The van der Waals surface area contributed by atoms with E-state index in [1.54, 1.807) is 6.07 Å². The van der Waals surface area contributed by atoms with E-state index in [-0.39, 0.29) is 29.4 Å². The Kier molecular flexibility index (Phi) is 7.47. The van der Waals surface area contributed by atoms with E-state index in [4.69, 9.17) is 9.47 Å². The molecule has 9 heteroatoms. The van der Waals surface area contributed by atoms with Crippen LogP contribution >= 0.6 is 0 Å². The number of hydrazone groups is 1. The number of nitrogens with zero attached hydrogens (tertiary/aromatic N) is 1. The van der Waals surface area contributed by atoms with E-state index in [2.05, 4.69) is 15.8 Å². The molecule has 0 aliphatic carbocycles. The summed E-state index contributed by atoms with van der Waals surface area (Å²) in [5.74, 6) is -2.00. The van der Waals surface area contributed by atoms with E-state index in [0.29, 0.717) is 11.3 Å². The van der Waals surface area contributed by atoms with Crippen LogP contribution in [0.1, 0.15) is 15.9 Å². The van der Waals surface area contributed by atoms with Crippen LogP contribution in [-0.2, 0) is 4.79 Å². The van der Waals surface area contributed by atoms with Crippen molar-refractivity contribution in [3.63, 3.8) is 0 Å². The smallest absolute Gasteiger partial charge is 0.346 e. The van der Waals surface area contributed by atoms with Gasteiger partial charge in [-0.15, -0.1) is 0 Å². The van der Waals surface area contributed by atoms with Crippen LogP contribution in [0.25, 0.3) is 0 Å². The normalized spacial score (nSPS) is 10.6. The van der Waals surface area contributed by atoms with Crippen LogP contribution in [0, 0.1) is 11.6 Å². The third-order valence-electron chi connectivity index (χ3n) is 4.18. The first-order chi connectivity index (χ1) is 15.5. The summed E-state index contributed by atoms with van der Waals surface area (Å²) in [6, 6.07) is 15.7. The van der Waals surface area contributed by atoms with Crippen LogP contribution in [0.15, 0.2) is 71.8 Å². The maximum atomic E-state index is 13.8. The summed E-state index contributed by atoms with van der Waals surface area (Å²) < 4.78 is 37.1. The monoisotopic (exact) mass is 439 g/mol. The summed E-state index contributed by atoms with van der Waals surface area (Å²) in [6.07, 6.45) is 1.38. The van der Waals surface area contributed by atoms with Gasteiger partial charge in [0, 0.05) is 5.69 Å². The number of ether oxygens (including phenoxy) is 2. The van der Waals surface area contributed by atoms with Crippen LogP contribution in [0.4, 0.5) is 14.5 Å². The Bertz CT molecular complexity index is 1130. The van der Waals surface area contributed by atoms with E-state index in [9.17, 15) is 18.4 Å². The first-order valence-corrected chi connectivity index (χ1v) is 9.42. The highest BCUT2D eigenvalue weighted by Gasteiger charge is 2.16. The number of carbonyl (C=O) groups excluding carboxylic acids is 2. The topological polar surface area (TPSA) is 89.0 Å². The highest BCUT2D eigenvalue weighted by molar-refractivity contribution is 5.92. The number of halogens is 2. The third kappa shape index (κ3) is 6.11. The number of methoxy groups -OCH3 is 1. The fraction of sp³-hybridized carbons (Fsp3) is 0.0870. The average molecular weight is 439 g/mol. The molecule has 3 rings (SSSR count). The van der Waals surface area contributed by atoms with Crippen LogP contribution in [0.5, 0.6) is 11.5 Å². The zero-order chi connectivity index (χ0) is 22.9. The van der Waals surface area contributed by atoms with Crippen molar-refractivity contribution in [3.8, 4) is 11.5 Å². The second-order valence-electron chi connectivity index (χ2n) is 6.43. The minimum Gasteiger partial charge on any atom is -0.493 e. The van der Waals surface area contributed by atoms with Gasteiger partial charge in [0.2, 0.25) is 0 Å². The molecule has 0 aromatic heterocycles. The molecule has 0 fully saturated rings. The van der Waals surface area contributed by atoms with Gasteiger partial charge in [-0.3, -0.25) is 4.79 Å². The number of esters is 1. The molecule has 0 aliphatic heterocycles. The van der Waals surface area contributed by atoms with Gasteiger partial charge in [0.1, 0.15) is 11.6 Å². The van der Waals surface area contributed by atoms with Crippen LogP contribution in [0.3, 0.4) is 0 Å². The first-order valence-electron chi connectivity index (χ1n) is 9.42. The molecule has 0 bridgehead atoms. The lowest BCUT2D eigenvalue weighted by molar-refractivity contribution is -0.119. The van der Waals surface area contributed by atoms with Crippen molar-refractivity contribution >= 4 is 23.8 Å². The SMILES string of the molecule is COc1cc(C=NNC(=O)CNc2ccc(F)cc2)ccc1OC(=O)c1ccccc1F. The molecule has 0 atom stereocenters. The van der Waals surface area contributed by atoms with Gasteiger partial charge >= 0.3 is 5.97 Å². The van der Waals surface area contributed by atoms with E-state index in [0.717, 1.165) is 6.07 Å². The predicted octanol–water partition coefficient (Wildman–Crippen LogP) is 3.75. The molecule has 32 heavy (non-hydrogen) atoms. The Morgan fingerprint density at radius 2 is 1.75 bits per heavy atom. The molecule has 0 heterocycles. The van der Waals surface area contributed by atoms with Gasteiger partial charge in [-0.05, 0) is 60.2 Å². The quantitative estimate of drug-likeness (QED) is 0.242. The van der Waals surface area contributed by atoms with Crippen LogP contribution in [-0.4, -0.2) is 31.7 Å². The molecule has 3 aromatic carbocycles. The summed E-state index contributed by atoms with van der Waals surface area (Å²) in [7, 11) is 1.39. The lowest BCUT2D eigenvalue weighted by atomic mass is 10.2. The van der Waals surface area contributed by atoms with E-state index in [1.165, 1.54) is 67.9 Å². The van der Waals surface area contributed by atoms with Gasteiger partial charge < -0.3 is 14.8 Å². The van der Waals surface area contributed by atoms with Crippen LogP contribution < -0.4 is 20.2 Å². The largest absolute Gasteiger partial charge is 0.493 e. The number of anilines is 1. The number of nitrogens with one attached hydrogen (secondary N) is 2. The minimum atomic E-state index is -0.858. The first kappa shape index (κ1) is 22.4. The number of benzene rings is 3. The Morgan fingerprint density at radius 3 is 2.47 bits per heavy atom. The molecule has 0 radical (unpaired) electrons. The molecular formula is C23H19F2N3O4. The van der Waals surface area contributed by atoms with Crippen molar-refractivity contribution in [2.45, 2.75) is 0 Å². The number of carbonyl (C=O) groups is 2. The molecule has 164 valence electrons. The number of hydrogen-bond acceptors (Lipinski definition) is 6. The standard InChI is InChI=1S/C23H19F2N3O4/c1-31-21-12-15(6-11-20(21)32-23(30)18-4-2-3-5-19(18)25)13-27-28-22(29)14-26-17-9-7-16(24)8-10-17/h2-13,26H,14H2,1H3,(H,28,29). The fourth-order valence-corrected chi connectivity index (χ4v) is 2.60. The second kappa shape index (κ2) is 10.7. The zero-order valence-electron chi connectivity index (χ0n) is 17.0. The minimum absolute atomic E-state index is 0.0583. The maximum absolute atomic E-state index is 13.8. The van der Waals surface area contributed by atoms with E-state index < -0.39 is 17.7 Å². The highest BCUT2D eigenvalue weighted by Crippen LogP contribution is 2.28. The third-order valence-corrected chi connectivity index (χ3v) is 4.18. The molecule has 0 unspecified atom stereocenters. The molecule has 3 aromatic rings. The predicted molar refractivity (Wildman–Crippen MR) is 115 cm³/mol. The van der Waals surface area contributed by atoms with Gasteiger partial charge in [-0.1, -0.05) is 12.1 Å². The molecular weight excluding hydrogens is 420 g/mol. The van der Waals surface area contributed by atoms with E-state index in [1.807, 2.05) is 0 Å². The molecule has 0 saturated carbocycles. The second-order valence-corrected chi connectivity index (χ2v) is 6.43. The molecule has 0 saturated heterocycles. The summed E-state index contributed by atoms with van der Waals surface area (Å²) in [5.41, 5.74) is 3.30. The van der Waals surface area contributed by atoms with Crippen molar-refractivity contribution in [1.29, 1.82) is 0 Å². The number of rotatable bonds is 8. The Morgan fingerprint density at radius 1 is 1.00 bits per heavy atom. The summed E-state index contributed by atoms with van der Waals surface area (Å²) >= 11 is 0. The van der Waals surface area contributed by atoms with Crippen molar-refractivity contribution in [1.82, 2.24) is 5.43 Å². The summed E-state index contributed by atoms with van der Waals surface area (Å²) in [4.78, 5) is 24.1. The maximum Gasteiger partial charge on any atom is 0.346 e. The van der Waals surface area contributed by atoms with Gasteiger partial charge in [0.05, 0.1) is 25.4 Å². The highest BCUT2D eigenvalue weighted by atomic mass is 19.1. The van der Waals surface area contributed by atoms with Crippen molar-refractivity contribution in [3.05, 3.63) is 89.5 Å². The van der Waals surface area contributed by atoms with Gasteiger partial charge in [0.15, 0.2) is 11.5 Å². The molecule has 0 aliphatic rings. The molecule has 2 N–H and O–H groups in total. The van der Waals surface area contributed by atoms with Crippen molar-refractivity contribution < 1.29 is 27.8 Å². The van der Waals surface area contributed by atoms with Gasteiger partial charge in [0.25, 0.3) is 5.91 Å². The average Bonchev–Trinajstić information content (AvgIpc) is 2.79. The summed E-state index contributed by atoms with van der Waals surface area (Å²) in [5, 5.41) is 6.69. The zero-order valence-corrected chi connectivity index (χ0v) is 17.0. The Labute approximate surface area is 182 Å². The Balaban J connectivity index is 1.57.